The van der Waals surface area contributed by atoms with Gasteiger partial charge in [0.15, 0.2) is 0 Å². The van der Waals surface area contributed by atoms with Gasteiger partial charge in [0, 0.05) is 6.16 Å². The molecule has 0 aliphatic heterocycles. The van der Waals surface area contributed by atoms with Crippen molar-refractivity contribution in [2.75, 3.05) is 6.16 Å². The average molecular weight is 357 g/mol. The van der Waals surface area contributed by atoms with E-state index in [1.54, 1.807) is 12.1 Å². The molecule has 1 aromatic carbocycles. The second-order valence-corrected chi connectivity index (χ2v) is 7.49. The molecule has 0 spiro atoms. The number of hydrogen-bond acceptors (Lipinski definition) is 3. The molecule has 0 heterocycles. The van der Waals surface area contributed by atoms with Gasteiger partial charge in [0.2, 0.25) is 5.91 Å². The van der Waals surface area contributed by atoms with Gasteiger partial charge in [0.25, 0.3) is 0 Å². The predicted molar refractivity (Wildman–Crippen MR) is 89.7 cm³/mol. The van der Waals surface area contributed by atoms with E-state index in [1.807, 2.05) is 18.2 Å². The summed E-state index contributed by atoms with van der Waals surface area (Å²) in [5, 5.41) is 11.7. The molecule has 0 aromatic heterocycles. The summed E-state index contributed by atoms with van der Waals surface area (Å²) in [7, 11) is -3.95. The van der Waals surface area contributed by atoms with E-state index in [4.69, 9.17) is 9.79 Å². The Morgan fingerprint density at radius 1 is 1.04 bits per heavy atom. The van der Waals surface area contributed by atoms with Crippen molar-refractivity contribution in [1.29, 1.82) is 0 Å². The van der Waals surface area contributed by atoms with E-state index in [9.17, 15) is 19.3 Å². The third-order valence-corrected chi connectivity index (χ3v) is 4.43. The molecule has 0 aliphatic carbocycles. The number of unbranched alkanes of at least 4 members (excludes halogenated alkanes) is 3. The van der Waals surface area contributed by atoms with Gasteiger partial charge in [-0.05, 0) is 18.4 Å². The largest absolute Gasteiger partial charge is 0.480 e. The third kappa shape index (κ3) is 9.45. The Morgan fingerprint density at radius 2 is 1.67 bits per heavy atom. The zero-order valence-corrected chi connectivity index (χ0v) is 14.3. The van der Waals surface area contributed by atoms with Crippen molar-refractivity contribution in [3.8, 4) is 0 Å². The standard InChI is InChI=1S/C16H24NO6P/c18-15(12-13-8-4-3-5-9-13)17-14(16(19)20)10-6-1-2-7-11-24(21,22)23/h3-5,8-9,14H,1-2,6-7,10-12H2,(H,17,18)(H,19,20)(H2,21,22,23)/t14-/m0/s1. The highest BCUT2D eigenvalue weighted by Gasteiger charge is 2.19. The van der Waals surface area contributed by atoms with Crippen LogP contribution in [-0.4, -0.2) is 39.0 Å². The van der Waals surface area contributed by atoms with Crippen LogP contribution in [0.15, 0.2) is 30.3 Å². The van der Waals surface area contributed by atoms with Crippen LogP contribution >= 0.6 is 7.60 Å². The molecule has 0 saturated heterocycles. The molecule has 7 nitrogen and oxygen atoms in total. The van der Waals surface area contributed by atoms with Crippen molar-refractivity contribution in [2.24, 2.45) is 0 Å². The second kappa shape index (κ2) is 10.2. The van der Waals surface area contributed by atoms with Crippen LogP contribution in [0.3, 0.4) is 0 Å². The molecular weight excluding hydrogens is 333 g/mol. The zero-order valence-electron chi connectivity index (χ0n) is 13.4. The average Bonchev–Trinajstić information content (AvgIpc) is 2.49. The third-order valence-electron chi connectivity index (χ3n) is 3.53. The van der Waals surface area contributed by atoms with Gasteiger partial charge in [-0.1, -0.05) is 49.6 Å². The molecule has 4 N–H and O–H groups in total. The topological polar surface area (TPSA) is 124 Å². The first-order valence-corrected chi connectivity index (χ1v) is 9.68. The van der Waals surface area contributed by atoms with E-state index in [0.717, 1.165) is 5.56 Å². The summed E-state index contributed by atoms with van der Waals surface area (Å²) in [5.74, 6) is -1.42. The van der Waals surface area contributed by atoms with Crippen LogP contribution in [-0.2, 0) is 20.6 Å². The Bertz CT molecular complexity index is 571. The van der Waals surface area contributed by atoms with E-state index in [2.05, 4.69) is 5.32 Å². The van der Waals surface area contributed by atoms with Gasteiger partial charge in [0.1, 0.15) is 6.04 Å². The fourth-order valence-corrected chi connectivity index (χ4v) is 2.94. The minimum Gasteiger partial charge on any atom is -0.480 e. The molecule has 8 heteroatoms. The van der Waals surface area contributed by atoms with Crippen LogP contribution in [0.2, 0.25) is 0 Å². The van der Waals surface area contributed by atoms with Crippen molar-refractivity contribution in [1.82, 2.24) is 5.32 Å². The minimum absolute atomic E-state index is 0.132. The van der Waals surface area contributed by atoms with Crippen LogP contribution < -0.4 is 5.32 Å². The summed E-state index contributed by atoms with van der Waals surface area (Å²) in [6.07, 6.45) is 2.54. The van der Waals surface area contributed by atoms with Crippen molar-refractivity contribution < 1.29 is 29.0 Å². The Hall–Kier alpha value is -1.69. The molecule has 0 saturated carbocycles. The summed E-state index contributed by atoms with van der Waals surface area (Å²) >= 11 is 0. The first kappa shape index (κ1) is 20.4. The highest BCUT2D eigenvalue weighted by Crippen LogP contribution is 2.35. The van der Waals surface area contributed by atoms with E-state index in [0.29, 0.717) is 32.1 Å². The number of aliphatic carboxylic acids is 1. The number of carboxylic acid groups (broad SMARTS) is 1. The number of hydrogen-bond donors (Lipinski definition) is 4. The Kier molecular flexibility index (Phi) is 8.68. The molecule has 24 heavy (non-hydrogen) atoms. The van der Waals surface area contributed by atoms with Gasteiger partial charge in [-0.15, -0.1) is 0 Å². The van der Waals surface area contributed by atoms with Gasteiger partial charge in [0.05, 0.1) is 6.42 Å². The summed E-state index contributed by atoms with van der Waals surface area (Å²) < 4.78 is 10.7. The molecule has 1 rings (SSSR count). The fraction of sp³-hybridized carbons (Fsp3) is 0.500. The zero-order chi connectivity index (χ0) is 18.0. The molecule has 0 fully saturated rings. The van der Waals surface area contributed by atoms with Crippen molar-refractivity contribution in [3.63, 3.8) is 0 Å². The van der Waals surface area contributed by atoms with E-state index in [1.165, 1.54) is 0 Å². The van der Waals surface area contributed by atoms with Gasteiger partial charge in [-0.25, -0.2) is 4.79 Å². The normalized spacial score (nSPS) is 12.6. The first-order valence-electron chi connectivity index (χ1n) is 7.88. The minimum atomic E-state index is -3.95. The van der Waals surface area contributed by atoms with Crippen LogP contribution in [0, 0.1) is 0 Å². The maximum absolute atomic E-state index is 11.9. The summed E-state index contributed by atoms with van der Waals surface area (Å²) in [6.45, 7) is 0. The molecule has 1 aromatic rings. The van der Waals surface area contributed by atoms with Crippen LogP contribution in [0.4, 0.5) is 0 Å². The van der Waals surface area contributed by atoms with Crippen LogP contribution in [0.25, 0.3) is 0 Å². The number of amides is 1. The van der Waals surface area contributed by atoms with Crippen molar-refractivity contribution in [2.45, 2.75) is 44.6 Å². The van der Waals surface area contributed by atoms with Gasteiger partial charge in [-0.3, -0.25) is 9.36 Å². The van der Waals surface area contributed by atoms with Gasteiger partial charge < -0.3 is 20.2 Å². The number of benzene rings is 1. The molecule has 134 valence electrons. The second-order valence-electron chi connectivity index (χ2n) is 5.71. The van der Waals surface area contributed by atoms with Crippen molar-refractivity contribution >= 4 is 19.5 Å². The highest BCUT2D eigenvalue weighted by molar-refractivity contribution is 7.51. The monoisotopic (exact) mass is 357 g/mol. The summed E-state index contributed by atoms with van der Waals surface area (Å²) in [6, 6.07) is 8.13. The lowest BCUT2D eigenvalue weighted by Gasteiger charge is -2.14. The molecule has 0 bridgehead atoms. The SMILES string of the molecule is O=C(Cc1ccccc1)N[C@@H](CCCCCCP(=O)(O)O)C(=O)O. The lowest BCUT2D eigenvalue weighted by atomic mass is 10.1. The van der Waals surface area contributed by atoms with Crippen LogP contribution in [0.1, 0.15) is 37.7 Å². The number of nitrogens with one attached hydrogen (secondary N) is 1. The molecule has 0 aliphatic rings. The lowest BCUT2D eigenvalue weighted by molar-refractivity contribution is -0.142. The number of rotatable bonds is 11. The molecule has 1 amide bonds. The van der Waals surface area contributed by atoms with Crippen LogP contribution in [0.5, 0.6) is 0 Å². The Balaban J connectivity index is 2.30. The lowest BCUT2D eigenvalue weighted by Crippen LogP contribution is -2.41. The van der Waals surface area contributed by atoms with E-state index < -0.39 is 19.6 Å². The van der Waals surface area contributed by atoms with E-state index in [-0.39, 0.29) is 18.5 Å². The van der Waals surface area contributed by atoms with Crippen molar-refractivity contribution in [3.05, 3.63) is 35.9 Å². The molecular formula is C16H24NO6P. The molecule has 1 atom stereocenters. The smallest absolute Gasteiger partial charge is 0.326 e. The highest BCUT2D eigenvalue weighted by atomic mass is 31.2. The number of carboxylic acids is 1. The number of carbonyl (C=O) groups is 2. The summed E-state index contributed by atoms with van der Waals surface area (Å²) in [5.41, 5.74) is 0.816. The maximum Gasteiger partial charge on any atom is 0.326 e. The fourth-order valence-electron chi connectivity index (χ4n) is 2.30. The first-order chi connectivity index (χ1) is 11.3. The predicted octanol–water partition coefficient (Wildman–Crippen LogP) is 1.93. The Morgan fingerprint density at radius 3 is 2.25 bits per heavy atom. The molecule has 0 unspecified atom stereocenters. The van der Waals surface area contributed by atoms with Gasteiger partial charge >= 0.3 is 13.6 Å². The van der Waals surface area contributed by atoms with Gasteiger partial charge in [-0.2, -0.15) is 0 Å². The van der Waals surface area contributed by atoms with E-state index >= 15 is 0 Å². The maximum atomic E-state index is 11.9. The summed E-state index contributed by atoms with van der Waals surface area (Å²) in [4.78, 5) is 40.6. The number of carbonyl (C=O) groups excluding carboxylic acids is 1. The quantitative estimate of drug-likeness (QED) is 0.354. The Labute approximate surface area is 141 Å². The molecule has 0 radical (unpaired) electrons.